The number of rotatable bonds is 4. The average Bonchev–Trinajstić information content (AvgIpc) is 3.28. The van der Waals surface area contributed by atoms with Crippen molar-refractivity contribution in [3.8, 4) is 0 Å². The molecule has 1 aromatic rings. The zero-order valence-electron chi connectivity index (χ0n) is 17.0. The molecule has 0 amide bonds. The quantitative estimate of drug-likeness (QED) is 0.716. The molecule has 1 saturated heterocycles. The van der Waals surface area contributed by atoms with E-state index in [1.807, 2.05) is 0 Å². The van der Waals surface area contributed by atoms with Crippen LogP contribution in [0.15, 0.2) is 30.3 Å². The molecule has 2 aliphatic carbocycles. The summed E-state index contributed by atoms with van der Waals surface area (Å²) in [7, 11) is 1.55. The summed E-state index contributed by atoms with van der Waals surface area (Å²) in [5, 5.41) is 0. The average molecular weight is 368 g/mol. The third-order valence-corrected chi connectivity index (χ3v) is 7.67. The molecule has 2 fully saturated rings. The van der Waals surface area contributed by atoms with Gasteiger partial charge in [0.1, 0.15) is 0 Å². The molecule has 0 bridgehead atoms. The van der Waals surface area contributed by atoms with Gasteiger partial charge in [-0.2, -0.15) is 0 Å². The van der Waals surface area contributed by atoms with Gasteiger partial charge in [0.15, 0.2) is 0 Å². The van der Waals surface area contributed by atoms with E-state index in [1.165, 1.54) is 17.5 Å². The van der Waals surface area contributed by atoms with E-state index >= 15 is 0 Å². The molecular weight excluding hydrogens is 334 g/mol. The number of esters is 1. The van der Waals surface area contributed by atoms with Crippen LogP contribution < -0.4 is 0 Å². The minimum Gasteiger partial charge on any atom is -0.469 e. The molecule has 0 N–H and O–H groups in total. The van der Waals surface area contributed by atoms with E-state index in [0.717, 1.165) is 45.2 Å². The molecule has 0 aromatic heterocycles. The van der Waals surface area contributed by atoms with Crippen molar-refractivity contribution < 1.29 is 9.53 Å². The second-order valence-corrected chi connectivity index (χ2v) is 9.03. The Kier molecular flexibility index (Phi) is 4.92. The first kappa shape index (κ1) is 18.7. The molecule has 146 valence electrons. The number of nitrogens with zero attached hydrogens (tertiary/aromatic N) is 1. The molecule has 1 heterocycles. The van der Waals surface area contributed by atoms with Crippen molar-refractivity contribution in [1.29, 1.82) is 0 Å². The standard InChI is InChI=1S/C24H33NO2/c1-4-11-23(22(26)27-3)12-10-20(16-23)25-15-14-24(18(2)17-25)13-9-19-7-5-6-8-21(19)24/h5-9,13,18,20H,4,10-12,14-17H2,1-3H3/t18-,20?,23?,24-/m0/s1. The van der Waals surface area contributed by atoms with Gasteiger partial charge in [0.05, 0.1) is 12.5 Å². The molecule has 0 radical (unpaired) electrons. The fourth-order valence-corrected chi connectivity index (χ4v) is 6.17. The highest BCUT2D eigenvalue weighted by Gasteiger charge is 2.50. The molecule has 1 aromatic carbocycles. The van der Waals surface area contributed by atoms with Crippen molar-refractivity contribution in [2.24, 2.45) is 11.3 Å². The lowest BCUT2D eigenvalue weighted by atomic mass is 9.67. The van der Waals surface area contributed by atoms with E-state index in [2.05, 4.69) is 55.2 Å². The van der Waals surface area contributed by atoms with E-state index < -0.39 is 0 Å². The molecule has 3 aliphatic rings. The largest absolute Gasteiger partial charge is 0.469 e. The summed E-state index contributed by atoms with van der Waals surface area (Å²) in [5.74, 6) is 0.603. The maximum Gasteiger partial charge on any atom is 0.311 e. The lowest BCUT2D eigenvalue weighted by Gasteiger charge is -2.46. The van der Waals surface area contributed by atoms with Gasteiger partial charge in [-0.1, -0.05) is 56.7 Å². The Morgan fingerprint density at radius 2 is 2.11 bits per heavy atom. The first-order chi connectivity index (χ1) is 13.0. The first-order valence-electron chi connectivity index (χ1n) is 10.7. The summed E-state index contributed by atoms with van der Waals surface area (Å²) in [6.07, 6.45) is 11.0. The highest BCUT2D eigenvalue weighted by atomic mass is 16.5. The number of hydrogen-bond donors (Lipinski definition) is 0. The Hall–Kier alpha value is -1.61. The SMILES string of the molecule is CCCC1(C(=O)OC)CCC(N2CC[C@@]3(C=Cc4ccccc43)[C@@H](C)C2)C1. The Morgan fingerprint density at radius 3 is 2.85 bits per heavy atom. The van der Waals surface area contributed by atoms with Gasteiger partial charge in [0.25, 0.3) is 0 Å². The lowest BCUT2D eigenvalue weighted by Crippen LogP contribution is -2.50. The van der Waals surface area contributed by atoms with Gasteiger partial charge in [0.2, 0.25) is 0 Å². The minimum absolute atomic E-state index is 0.0148. The molecule has 4 atom stereocenters. The van der Waals surface area contributed by atoms with Crippen molar-refractivity contribution in [1.82, 2.24) is 4.90 Å². The summed E-state index contributed by atoms with van der Waals surface area (Å²) in [6.45, 7) is 6.82. The summed E-state index contributed by atoms with van der Waals surface area (Å²) >= 11 is 0. The van der Waals surface area contributed by atoms with Gasteiger partial charge in [-0.25, -0.2) is 0 Å². The second kappa shape index (κ2) is 7.09. The molecule has 1 aliphatic heterocycles. The molecule has 27 heavy (non-hydrogen) atoms. The van der Waals surface area contributed by atoms with Gasteiger partial charge in [0, 0.05) is 18.0 Å². The van der Waals surface area contributed by atoms with E-state index in [-0.39, 0.29) is 16.8 Å². The minimum atomic E-state index is -0.244. The van der Waals surface area contributed by atoms with Gasteiger partial charge in [-0.15, -0.1) is 0 Å². The number of likely N-dealkylation sites (tertiary alicyclic amines) is 1. The molecular formula is C24H33NO2. The Bertz CT molecular complexity index is 742. The first-order valence-corrected chi connectivity index (χ1v) is 10.7. The van der Waals surface area contributed by atoms with Crippen molar-refractivity contribution >= 4 is 12.0 Å². The van der Waals surface area contributed by atoms with Crippen LogP contribution in [0.1, 0.15) is 63.5 Å². The summed E-state index contributed by atoms with van der Waals surface area (Å²) in [6, 6.07) is 9.41. The van der Waals surface area contributed by atoms with Crippen LogP contribution in [0.25, 0.3) is 6.08 Å². The van der Waals surface area contributed by atoms with Crippen LogP contribution in [0, 0.1) is 11.3 Å². The highest BCUT2D eigenvalue weighted by molar-refractivity contribution is 5.77. The topological polar surface area (TPSA) is 29.5 Å². The summed E-state index contributed by atoms with van der Waals surface area (Å²) in [4.78, 5) is 15.2. The van der Waals surface area contributed by atoms with Crippen molar-refractivity contribution in [3.63, 3.8) is 0 Å². The van der Waals surface area contributed by atoms with E-state index in [4.69, 9.17) is 4.74 Å². The van der Waals surface area contributed by atoms with E-state index in [9.17, 15) is 4.79 Å². The van der Waals surface area contributed by atoms with E-state index in [1.54, 1.807) is 7.11 Å². The third-order valence-electron chi connectivity index (χ3n) is 7.67. The normalized spacial score (nSPS) is 35.5. The Labute approximate surface area is 163 Å². The number of methoxy groups -OCH3 is 1. The van der Waals surface area contributed by atoms with Crippen molar-refractivity contribution in [2.45, 2.75) is 63.8 Å². The van der Waals surface area contributed by atoms with Gasteiger partial charge < -0.3 is 4.74 Å². The fourth-order valence-electron chi connectivity index (χ4n) is 6.17. The number of hydrogen-bond acceptors (Lipinski definition) is 3. The molecule has 1 spiro atoms. The highest BCUT2D eigenvalue weighted by Crippen LogP contribution is 2.50. The summed E-state index contributed by atoms with van der Waals surface area (Å²) < 4.78 is 5.20. The van der Waals surface area contributed by atoms with E-state index in [0.29, 0.717) is 12.0 Å². The zero-order valence-corrected chi connectivity index (χ0v) is 17.0. The third kappa shape index (κ3) is 2.95. The fraction of sp³-hybridized carbons (Fsp3) is 0.625. The van der Waals surface area contributed by atoms with Crippen molar-refractivity contribution in [3.05, 3.63) is 41.5 Å². The predicted octanol–water partition coefficient (Wildman–Crippen LogP) is 4.81. The van der Waals surface area contributed by atoms with Crippen molar-refractivity contribution in [2.75, 3.05) is 20.2 Å². The zero-order chi connectivity index (χ0) is 19.1. The van der Waals surface area contributed by atoms with Crippen LogP contribution in [0.2, 0.25) is 0 Å². The van der Waals surface area contributed by atoms with Crippen LogP contribution in [-0.2, 0) is 14.9 Å². The van der Waals surface area contributed by atoms with Gasteiger partial charge in [-0.3, -0.25) is 9.69 Å². The maximum atomic E-state index is 12.5. The Balaban J connectivity index is 1.48. The van der Waals surface area contributed by atoms with Crippen LogP contribution in [0.5, 0.6) is 0 Å². The molecule has 1 saturated carbocycles. The van der Waals surface area contributed by atoms with Gasteiger partial charge in [-0.05, 0) is 55.7 Å². The molecule has 2 unspecified atom stereocenters. The monoisotopic (exact) mass is 367 g/mol. The van der Waals surface area contributed by atoms with Gasteiger partial charge >= 0.3 is 5.97 Å². The van der Waals surface area contributed by atoms with Crippen LogP contribution in [0.3, 0.4) is 0 Å². The van der Waals surface area contributed by atoms with Crippen LogP contribution >= 0.6 is 0 Å². The number of benzene rings is 1. The number of allylic oxidation sites excluding steroid dienone is 1. The number of carbonyl (C=O) groups excluding carboxylic acids is 1. The smallest absolute Gasteiger partial charge is 0.311 e. The molecule has 3 heteroatoms. The number of ether oxygens (including phenoxy) is 1. The maximum absolute atomic E-state index is 12.5. The Morgan fingerprint density at radius 1 is 1.30 bits per heavy atom. The molecule has 4 rings (SSSR count). The number of fused-ring (bicyclic) bond motifs is 2. The summed E-state index contributed by atoms with van der Waals surface area (Å²) in [5.41, 5.74) is 2.87. The second-order valence-electron chi connectivity index (χ2n) is 9.03. The van der Waals surface area contributed by atoms with Crippen LogP contribution in [-0.4, -0.2) is 37.1 Å². The lowest BCUT2D eigenvalue weighted by molar-refractivity contribution is -0.153. The number of piperidine rings is 1. The van der Waals surface area contributed by atoms with Crippen LogP contribution in [0.4, 0.5) is 0 Å². The predicted molar refractivity (Wildman–Crippen MR) is 110 cm³/mol. The molecule has 3 nitrogen and oxygen atoms in total. The number of carbonyl (C=O) groups is 1.